The van der Waals surface area contributed by atoms with Gasteiger partial charge in [0.25, 0.3) is 5.91 Å². The van der Waals surface area contributed by atoms with Gasteiger partial charge in [-0.3, -0.25) is 9.59 Å². The lowest BCUT2D eigenvalue weighted by Gasteiger charge is -2.31. The number of carboxylic acid groups (broad SMARTS) is 1. The Hall–Kier alpha value is -3.41. The molecular weight excluding hydrogens is 368 g/mol. The molecule has 0 aliphatic carbocycles. The van der Waals surface area contributed by atoms with E-state index in [-0.39, 0.29) is 12.5 Å². The van der Waals surface area contributed by atoms with Gasteiger partial charge in [-0.2, -0.15) is 0 Å². The first-order chi connectivity index (χ1) is 14.0. The molecule has 1 saturated heterocycles. The first-order valence-electron chi connectivity index (χ1n) is 9.67. The number of rotatable bonds is 4. The molecule has 1 atom stereocenters. The summed E-state index contributed by atoms with van der Waals surface area (Å²) in [5.74, 6) is -0.565. The summed E-state index contributed by atoms with van der Waals surface area (Å²) >= 11 is 0. The van der Waals surface area contributed by atoms with Crippen molar-refractivity contribution in [2.24, 2.45) is 5.92 Å². The quantitative estimate of drug-likeness (QED) is 0.720. The van der Waals surface area contributed by atoms with Crippen molar-refractivity contribution >= 4 is 11.9 Å². The minimum atomic E-state index is -0.855. The average Bonchev–Trinajstić information content (AvgIpc) is 3.24. The van der Waals surface area contributed by atoms with Crippen LogP contribution in [0.4, 0.5) is 0 Å². The zero-order valence-electron chi connectivity index (χ0n) is 16.2. The van der Waals surface area contributed by atoms with Crippen LogP contribution in [0.1, 0.15) is 28.8 Å². The predicted octanol–water partition coefficient (Wildman–Crippen LogP) is 4.25. The molecule has 6 nitrogen and oxygen atoms in total. The molecule has 1 amide bonds. The van der Waals surface area contributed by atoms with Gasteiger partial charge in [0, 0.05) is 24.2 Å². The molecule has 1 aromatic heterocycles. The predicted molar refractivity (Wildman–Crippen MR) is 108 cm³/mol. The number of oxazole rings is 1. The first-order valence-corrected chi connectivity index (χ1v) is 9.67. The maximum Gasteiger partial charge on any atom is 0.308 e. The standard InChI is InChI=1S/C23H22N2O4/c1-15-8-10-16(11-9-15)20-13-24-21(29-20)18-6-2-3-7-19(18)22(26)25-12-4-5-17(14-25)23(27)28/h2-3,6-11,13,17H,4-5,12,14H2,1H3,(H,27,28). The van der Waals surface area contributed by atoms with Crippen LogP contribution in [0.3, 0.4) is 0 Å². The number of aliphatic carboxylic acids is 1. The monoisotopic (exact) mass is 390 g/mol. The van der Waals surface area contributed by atoms with Crippen molar-refractivity contribution in [1.29, 1.82) is 0 Å². The van der Waals surface area contributed by atoms with Crippen LogP contribution in [0.2, 0.25) is 0 Å². The van der Waals surface area contributed by atoms with Crippen LogP contribution in [0.25, 0.3) is 22.8 Å². The van der Waals surface area contributed by atoms with Gasteiger partial charge in [0.2, 0.25) is 5.89 Å². The molecule has 0 spiro atoms. The summed E-state index contributed by atoms with van der Waals surface area (Å²) in [5, 5.41) is 9.31. The van der Waals surface area contributed by atoms with Crippen LogP contribution in [0.15, 0.2) is 59.1 Å². The molecule has 2 heterocycles. The van der Waals surface area contributed by atoms with Gasteiger partial charge >= 0.3 is 5.97 Å². The van der Waals surface area contributed by atoms with Crippen LogP contribution in [-0.4, -0.2) is 40.0 Å². The van der Waals surface area contributed by atoms with E-state index in [9.17, 15) is 14.7 Å². The Kier molecular flexibility index (Phi) is 5.16. The lowest BCUT2D eigenvalue weighted by Crippen LogP contribution is -2.42. The second kappa shape index (κ2) is 7.91. The number of hydrogen-bond acceptors (Lipinski definition) is 4. The number of nitrogens with zero attached hydrogens (tertiary/aromatic N) is 2. The zero-order chi connectivity index (χ0) is 20.4. The van der Waals surface area contributed by atoms with Gasteiger partial charge in [0.15, 0.2) is 5.76 Å². The number of benzene rings is 2. The lowest BCUT2D eigenvalue weighted by molar-refractivity contribution is -0.143. The van der Waals surface area contributed by atoms with Gasteiger partial charge in [-0.05, 0) is 31.9 Å². The van der Waals surface area contributed by atoms with E-state index >= 15 is 0 Å². The van der Waals surface area contributed by atoms with Gasteiger partial charge in [-0.15, -0.1) is 0 Å². The largest absolute Gasteiger partial charge is 0.481 e. The molecule has 148 valence electrons. The van der Waals surface area contributed by atoms with Crippen molar-refractivity contribution in [2.75, 3.05) is 13.1 Å². The van der Waals surface area contributed by atoms with Gasteiger partial charge in [-0.25, -0.2) is 4.98 Å². The molecule has 4 rings (SSSR count). The fraction of sp³-hybridized carbons (Fsp3) is 0.261. The third-order valence-corrected chi connectivity index (χ3v) is 5.29. The van der Waals surface area contributed by atoms with E-state index < -0.39 is 11.9 Å². The zero-order valence-corrected chi connectivity index (χ0v) is 16.2. The normalized spacial score (nSPS) is 16.6. The SMILES string of the molecule is Cc1ccc(-c2cnc(-c3ccccc3C(=O)N3CCCC(C(=O)O)C3)o2)cc1. The number of aromatic nitrogens is 1. The summed E-state index contributed by atoms with van der Waals surface area (Å²) < 4.78 is 5.96. The van der Waals surface area contributed by atoms with Crippen molar-refractivity contribution in [2.45, 2.75) is 19.8 Å². The number of hydrogen-bond donors (Lipinski definition) is 1. The highest BCUT2D eigenvalue weighted by Crippen LogP contribution is 2.30. The fourth-order valence-electron chi connectivity index (χ4n) is 3.64. The van der Waals surface area contributed by atoms with E-state index in [1.54, 1.807) is 29.3 Å². The summed E-state index contributed by atoms with van der Waals surface area (Å²) in [6.45, 7) is 2.80. The molecule has 0 bridgehead atoms. The van der Waals surface area contributed by atoms with E-state index in [0.717, 1.165) is 11.1 Å². The number of amides is 1. The molecule has 6 heteroatoms. The molecule has 3 aromatic rings. The smallest absolute Gasteiger partial charge is 0.308 e. The average molecular weight is 390 g/mol. The van der Waals surface area contributed by atoms with Crippen molar-refractivity contribution in [3.05, 3.63) is 65.9 Å². The maximum absolute atomic E-state index is 13.1. The molecule has 0 saturated carbocycles. The van der Waals surface area contributed by atoms with E-state index in [1.165, 1.54) is 0 Å². The minimum Gasteiger partial charge on any atom is -0.481 e. The number of aryl methyl sites for hydroxylation is 1. The Morgan fingerprint density at radius 1 is 1.14 bits per heavy atom. The van der Waals surface area contributed by atoms with Crippen molar-refractivity contribution in [1.82, 2.24) is 9.88 Å². The van der Waals surface area contributed by atoms with Gasteiger partial charge in [0.05, 0.1) is 17.7 Å². The summed E-state index contributed by atoms with van der Waals surface area (Å²) in [5.41, 5.74) is 3.15. The highest BCUT2D eigenvalue weighted by Gasteiger charge is 2.30. The summed E-state index contributed by atoms with van der Waals surface area (Å²) in [6, 6.07) is 15.1. The Bertz CT molecular complexity index is 1040. The van der Waals surface area contributed by atoms with Crippen molar-refractivity contribution in [3.8, 4) is 22.8 Å². The molecule has 0 radical (unpaired) electrons. The molecular formula is C23H22N2O4. The van der Waals surface area contributed by atoms with Crippen LogP contribution in [-0.2, 0) is 4.79 Å². The van der Waals surface area contributed by atoms with Gasteiger partial charge in [0.1, 0.15) is 0 Å². The second-order valence-corrected chi connectivity index (χ2v) is 7.37. The van der Waals surface area contributed by atoms with E-state index in [4.69, 9.17) is 4.42 Å². The Balaban J connectivity index is 1.63. The number of piperidine rings is 1. The van der Waals surface area contributed by atoms with Gasteiger partial charge in [-0.1, -0.05) is 42.0 Å². The lowest BCUT2D eigenvalue weighted by atomic mass is 9.97. The van der Waals surface area contributed by atoms with E-state index in [2.05, 4.69) is 4.98 Å². The van der Waals surface area contributed by atoms with Crippen molar-refractivity contribution in [3.63, 3.8) is 0 Å². The number of carbonyl (C=O) groups is 2. The number of likely N-dealkylation sites (tertiary alicyclic amines) is 1. The summed E-state index contributed by atoms with van der Waals surface area (Å²) in [4.78, 5) is 30.5. The van der Waals surface area contributed by atoms with Crippen LogP contribution in [0.5, 0.6) is 0 Å². The highest BCUT2D eigenvalue weighted by atomic mass is 16.4. The van der Waals surface area contributed by atoms with Crippen LogP contribution >= 0.6 is 0 Å². The Morgan fingerprint density at radius 2 is 1.90 bits per heavy atom. The molecule has 1 unspecified atom stereocenters. The number of carboxylic acids is 1. The number of carbonyl (C=O) groups excluding carboxylic acids is 1. The minimum absolute atomic E-state index is 0.193. The Labute approximate surface area is 168 Å². The molecule has 1 N–H and O–H groups in total. The third kappa shape index (κ3) is 3.92. The Morgan fingerprint density at radius 3 is 2.66 bits per heavy atom. The molecule has 2 aromatic carbocycles. The summed E-state index contributed by atoms with van der Waals surface area (Å²) in [6.07, 6.45) is 2.93. The third-order valence-electron chi connectivity index (χ3n) is 5.29. The maximum atomic E-state index is 13.1. The van der Waals surface area contributed by atoms with E-state index in [1.807, 2.05) is 37.3 Å². The van der Waals surface area contributed by atoms with Crippen molar-refractivity contribution < 1.29 is 19.1 Å². The van der Waals surface area contributed by atoms with Crippen LogP contribution < -0.4 is 0 Å². The van der Waals surface area contributed by atoms with Gasteiger partial charge < -0.3 is 14.4 Å². The topological polar surface area (TPSA) is 83.6 Å². The fourth-order valence-corrected chi connectivity index (χ4v) is 3.64. The highest BCUT2D eigenvalue weighted by molar-refractivity contribution is 6.00. The molecule has 1 aliphatic heterocycles. The molecule has 1 fully saturated rings. The van der Waals surface area contributed by atoms with Crippen LogP contribution in [0, 0.1) is 12.8 Å². The molecule has 29 heavy (non-hydrogen) atoms. The summed E-state index contributed by atoms with van der Waals surface area (Å²) in [7, 11) is 0. The molecule has 1 aliphatic rings. The second-order valence-electron chi connectivity index (χ2n) is 7.37. The van der Waals surface area contributed by atoms with E-state index in [0.29, 0.717) is 42.2 Å². The first kappa shape index (κ1) is 18.9.